The smallest absolute Gasteiger partial charge is 0.119 e. The molecular formula is C19H31NO2. The van der Waals surface area contributed by atoms with Crippen molar-refractivity contribution in [1.82, 2.24) is 4.90 Å². The Morgan fingerprint density at radius 2 is 1.86 bits per heavy atom. The summed E-state index contributed by atoms with van der Waals surface area (Å²) >= 11 is 0. The fraction of sp³-hybridized carbons (Fsp3) is 0.684. The number of aliphatic hydroxyl groups excluding tert-OH is 1. The molecule has 0 unspecified atom stereocenters. The van der Waals surface area contributed by atoms with Gasteiger partial charge in [0.1, 0.15) is 18.5 Å². The zero-order valence-electron chi connectivity index (χ0n) is 14.1. The lowest BCUT2D eigenvalue weighted by Gasteiger charge is -2.32. The average molecular weight is 305 g/mol. The normalized spacial score (nSPS) is 17.6. The lowest BCUT2D eigenvalue weighted by molar-refractivity contribution is 0.0561. The fourth-order valence-electron chi connectivity index (χ4n) is 3.29. The minimum absolute atomic E-state index is 0.365. The van der Waals surface area contributed by atoms with Gasteiger partial charge in [0.2, 0.25) is 0 Å². The monoisotopic (exact) mass is 305 g/mol. The van der Waals surface area contributed by atoms with E-state index in [1.165, 1.54) is 37.7 Å². The Hall–Kier alpha value is -1.06. The summed E-state index contributed by atoms with van der Waals surface area (Å²) in [5, 5.41) is 10.2. The minimum atomic E-state index is -0.428. The van der Waals surface area contributed by atoms with Gasteiger partial charge in [-0.15, -0.1) is 0 Å². The highest BCUT2D eigenvalue weighted by Crippen LogP contribution is 2.21. The highest BCUT2D eigenvalue weighted by Gasteiger charge is 2.20. The first kappa shape index (κ1) is 17.3. The lowest BCUT2D eigenvalue weighted by atomic mass is 9.94. The van der Waals surface area contributed by atoms with Crippen molar-refractivity contribution in [3.8, 4) is 5.75 Å². The van der Waals surface area contributed by atoms with Gasteiger partial charge in [0, 0.05) is 12.6 Å². The van der Waals surface area contributed by atoms with Crippen LogP contribution in [0.4, 0.5) is 0 Å². The molecule has 3 nitrogen and oxygen atoms in total. The van der Waals surface area contributed by atoms with Crippen molar-refractivity contribution < 1.29 is 9.84 Å². The van der Waals surface area contributed by atoms with Crippen molar-refractivity contribution in [3.05, 3.63) is 29.8 Å². The summed E-state index contributed by atoms with van der Waals surface area (Å²) in [5.41, 5.74) is 1.34. The van der Waals surface area contributed by atoms with Crippen LogP contribution in [0.3, 0.4) is 0 Å². The molecule has 0 spiro atoms. The quantitative estimate of drug-likeness (QED) is 0.796. The maximum Gasteiger partial charge on any atom is 0.119 e. The van der Waals surface area contributed by atoms with Gasteiger partial charge in [-0.2, -0.15) is 0 Å². The number of likely N-dealkylation sites (N-methyl/N-ethyl adjacent to an activating group) is 1. The molecule has 124 valence electrons. The van der Waals surface area contributed by atoms with E-state index in [1.54, 1.807) is 0 Å². The van der Waals surface area contributed by atoms with Crippen molar-refractivity contribution in [2.75, 3.05) is 20.2 Å². The Kier molecular flexibility index (Phi) is 7.20. The van der Waals surface area contributed by atoms with Crippen molar-refractivity contribution >= 4 is 0 Å². The fourth-order valence-corrected chi connectivity index (χ4v) is 3.29. The largest absolute Gasteiger partial charge is 0.491 e. The van der Waals surface area contributed by atoms with Gasteiger partial charge in [-0.3, -0.25) is 0 Å². The number of aliphatic hydroxyl groups is 1. The molecule has 3 heteroatoms. The van der Waals surface area contributed by atoms with Crippen molar-refractivity contribution in [3.63, 3.8) is 0 Å². The van der Waals surface area contributed by atoms with Crippen LogP contribution in [0.25, 0.3) is 0 Å². The van der Waals surface area contributed by atoms with E-state index in [1.807, 2.05) is 12.1 Å². The summed E-state index contributed by atoms with van der Waals surface area (Å²) in [4.78, 5) is 2.30. The Morgan fingerprint density at radius 3 is 2.50 bits per heavy atom. The average Bonchev–Trinajstić information content (AvgIpc) is 2.55. The standard InChI is InChI=1S/C19H31NO2/c1-3-7-16-10-12-19(13-11-16)22-15-18(21)14-20(2)17-8-5-4-6-9-17/h10-13,17-18,21H,3-9,14-15H2,1-2H3/t18-/m0/s1. The molecule has 22 heavy (non-hydrogen) atoms. The first-order chi connectivity index (χ1) is 10.7. The summed E-state index contributed by atoms with van der Waals surface area (Å²) in [7, 11) is 2.12. The van der Waals surface area contributed by atoms with E-state index in [9.17, 15) is 5.11 Å². The summed E-state index contributed by atoms with van der Waals surface area (Å²) in [5.74, 6) is 0.847. The van der Waals surface area contributed by atoms with Crippen LogP contribution in [0.2, 0.25) is 0 Å². The number of nitrogens with zero attached hydrogens (tertiary/aromatic N) is 1. The number of hydrogen-bond donors (Lipinski definition) is 1. The van der Waals surface area contributed by atoms with E-state index in [0.29, 0.717) is 19.2 Å². The number of rotatable bonds is 8. The molecule has 0 radical (unpaired) electrons. The van der Waals surface area contributed by atoms with Crippen LogP contribution in [-0.2, 0) is 6.42 Å². The van der Waals surface area contributed by atoms with Crippen LogP contribution in [0.1, 0.15) is 51.0 Å². The molecule has 1 fully saturated rings. The van der Waals surface area contributed by atoms with Crippen LogP contribution in [0, 0.1) is 0 Å². The molecule has 0 heterocycles. The second-order valence-electron chi connectivity index (χ2n) is 6.59. The first-order valence-electron chi connectivity index (χ1n) is 8.79. The molecule has 0 aliphatic heterocycles. The van der Waals surface area contributed by atoms with E-state index < -0.39 is 6.10 Å². The zero-order chi connectivity index (χ0) is 15.8. The van der Waals surface area contributed by atoms with E-state index in [4.69, 9.17) is 4.74 Å². The van der Waals surface area contributed by atoms with Crippen LogP contribution in [0.15, 0.2) is 24.3 Å². The number of ether oxygens (including phenoxy) is 1. The Labute approximate surface area is 135 Å². The topological polar surface area (TPSA) is 32.7 Å². The zero-order valence-corrected chi connectivity index (χ0v) is 14.1. The van der Waals surface area contributed by atoms with Crippen molar-refractivity contribution in [1.29, 1.82) is 0 Å². The predicted molar refractivity (Wildman–Crippen MR) is 91.4 cm³/mol. The second-order valence-corrected chi connectivity index (χ2v) is 6.59. The summed E-state index contributed by atoms with van der Waals surface area (Å²) in [6.07, 6.45) is 8.39. The van der Waals surface area contributed by atoms with Gasteiger partial charge >= 0.3 is 0 Å². The van der Waals surface area contributed by atoms with Gasteiger partial charge in [0.05, 0.1) is 0 Å². The molecule has 1 aromatic rings. The van der Waals surface area contributed by atoms with Crippen LogP contribution in [0.5, 0.6) is 5.75 Å². The van der Waals surface area contributed by atoms with Crippen LogP contribution < -0.4 is 4.74 Å². The molecule has 1 aliphatic carbocycles. The van der Waals surface area contributed by atoms with E-state index in [2.05, 4.69) is 31.0 Å². The Bertz CT molecular complexity index is 412. The molecular weight excluding hydrogens is 274 g/mol. The molecule has 2 rings (SSSR count). The van der Waals surface area contributed by atoms with Gasteiger partial charge in [-0.25, -0.2) is 0 Å². The molecule has 0 amide bonds. The van der Waals surface area contributed by atoms with Crippen LogP contribution >= 0.6 is 0 Å². The highest BCUT2D eigenvalue weighted by atomic mass is 16.5. The molecule has 0 bridgehead atoms. The van der Waals surface area contributed by atoms with Crippen LogP contribution in [-0.4, -0.2) is 42.4 Å². The molecule has 1 N–H and O–H groups in total. The van der Waals surface area contributed by atoms with Gasteiger partial charge in [0.25, 0.3) is 0 Å². The third kappa shape index (κ3) is 5.62. The maximum absolute atomic E-state index is 10.2. The van der Waals surface area contributed by atoms with Gasteiger partial charge < -0.3 is 14.7 Å². The number of benzene rings is 1. The van der Waals surface area contributed by atoms with E-state index in [0.717, 1.165) is 18.6 Å². The molecule has 1 atom stereocenters. The Morgan fingerprint density at radius 1 is 1.18 bits per heavy atom. The Balaban J connectivity index is 1.71. The van der Waals surface area contributed by atoms with Gasteiger partial charge in [-0.1, -0.05) is 44.7 Å². The summed E-state index contributed by atoms with van der Waals surface area (Å²) in [6, 6.07) is 8.86. The first-order valence-corrected chi connectivity index (χ1v) is 8.79. The minimum Gasteiger partial charge on any atom is -0.491 e. The third-order valence-corrected chi connectivity index (χ3v) is 4.60. The molecule has 0 saturated heterocycles. The van der Waals surface area contributed by atoms with Crippen molar-refractivity contribution in [2.24, 2.45) is 0 Å². The maximum atomic E-state index is 10.2. The molecule has 1 aromatic carbocycles. The number of hydrogen-bond acceptors (Lipinski definition) is 3. The summed E-state index contributed by atoms with van der Waals surface area (Å²) in [6.45, 7) is 3.24. The second kappa shape index (κ2) is 9.16. The molecule has 0 aromatic heterocycles. The van der Waals surface area contributed by atoms with E-state index >= 15 is 0 Å². The van der Waals surface area contributed by atoms with Crippen molar-refractivity contribution in [2.45, 2.75) is 64.0 Å². The molecule has 1 aliphatic rings. The summed E-state index contributed by atoms with van der Waals surface area (Å²) < 4.78 is 5.71. The predicted octanol–water partition coefficient (Wildman–Crippen LogP) is 3.64. The van der Waals surface area contributed by atoms with E-state index in [-0.39, 0.29) is 0 Å². The van der Waals surface area contributed by atoms with Gasteiger partial charge in [-0.05, 0) is 44.0 Å². The third-order valence-electron chi connectivity index (χ3n) is 4.60. The molecule has 1 saturated carbocycles. The highest BCUT2D eigenvalue weighted by molar-refractivity contribution is 5.27. The van der Waals surface area contributed by atoms with Gasteiger partial charge in [0.15, 0.2) is 0 Å². The number of aryl methyl sites for hydroxylation is 1. The SMILES string of the molecule is CCCc1ccc(OC[C@@H](O)CN(C)C2CCCCC2)cc1. The lowest BCUT2D eigenvalue weighted by Crippen LogP contribution is -2.40.